The van der Waals surface area contributed by atoms with Crippen molar-refractivity contribution in [1.29, 1.82) is 0 Å². The molecule has 0 atom stereocenters. The van der Waals surface area contributed by atoms with Gasteiger partial charge in [0.1, 0.15) is 0 Å². The van der Waals surface area contributed by atoms with Gasteiger partial charge in [-0.15, -0.1) is 0 Å². The van der Waals surface area contributed by atoms with Crippen molar-refractivity contribution in [3.05, 3.63) is 60.5 Å². The van der Waals surface area contributed by atoms with Gasteiger partial charge >= 0.3 is 0 Å². The third-order valence-electron chi connectivity index (χ3n) is 3.80. The van der Waals surface area contributed by atoms with Crippen LogP contribution in [0.25, 0.3) is 22.5 Å². The highest BCUT2D eigenvalue weighted by Gasteiger charge is 2.15. The summed E-state index contributed by atoms with van der Waals surface area (Å²) in [6.45, 7) is 5.86. The van der Waals surface area contributed by atoms with Gasteiger partial charge in [0, 0.05) is 23.9 Å². The highest BCUT2D eigenvalue weighted by Crippen LogP contribution is 2.23. The summed E-state index contributed by atoms with van der Waals surface area (Å²) in [6, 6.07) is 18.2. The minimum Gasteiger partial charge on any atom is -0.351 e. The molecule has 1 amide bonds. The number of hydrogen-bond acceptors (Lipinski definition) is 4. The van der Waals surface area contributed by atoms with Gasteiger partial charge < -0.3 is 9.84 Å². The molecule has 2 aromatic carbocycles. The van der Waals surface area contributed by atoms with Crippen LogP contribution in [-0.2, 0) is 11.2 Å². The largest absolute Gasteiger partial charge is 0.351 e. The quantitative estimate of drug-likeness (QED) is 0.748. The number of aryl methyl sites for hydroxylation is 1. The molecule has 1 heterocycles. The van der Waals surface area contributed by atoms with Crippen LogP contribution in [0.4, 0.5) is 0 Å². The van der Waals surface area contributed by atoms with Crippen molar-refractivity contribution in [2.24, 2.45) is 0 Å². The summed E-state index contributed by atoms with van der Waals surface area (Å²) in [7, 11) is 0. The fourth-order valence-electron chi connectivity index (χ4n) is 2.62. The molecule has 0 radical (unpaired) electrons. The van der Waals surface area contributed by atoms with Crippen molar-refractivity contribution in [1.82, 2.24) is 15.5 Å². The van der Waals surface area contributed by atoms with Crippen LogP contribution in [0.5, 0.6) is 0 Å². The average molecular weight is 349 g/mol. The molecule has 0 aliphatic rings. The summed E-state index contributed by atoms with van der Waals surface area (Å²) in [6.07, 6.45) is 0.753. The Bertz CT molecular complexity index is 862. The van der Waals surface area contributed by atoms with Crippen LogP contribution in [-0.4, -0.2) is 21.6 Å². The summed E-state index contributed by atoms with van der Waals surface area (Å²) < 4.78 is 5.27. The summed E-state index contributed by atoms with van der Waals surface area (Å²) >= 11 is 0. The maximum Gasteiger partial charge on any atom is 0.227 e. The van der Waals surface area contributed by atoms with Gasteiger partial charge in [0.25, 0.3) is 0 Å². The van der Waals surface area contributed by atoms with Gasteiger partial charge in [0.2, 0.25) is 17.6 Å². The van der Waals surface area contributed by atoms with Gasteiger partial charge in [-0.1, -0.05) is 59.8 Å². The Kier molecular flexibility index (Phi) is 5.16. The van der Waals surface area contributed by atoms with E-state index in [-0.39, 0.29) is 11.4 Å². The molecule has 0 saturated heterocycles. The van der Waals surface area contributed by atoms with E-state index in [0.29, 0.717) is 24.6 Å². The van der Waals surface area contributed by atoms with Crippen LogP contribution >= 0.6 is 0 Å². The molecule has 0 unspecified atom stereocenters. The number of nitrogens with zero attached hydrogens (tertiary/aromatic N) is 2. The lowest BCUT2D eigenvalue weighted by atomic mass is 10.0. The highest BCUT2D eigenvalue weighted by atomic mass is 16.5. The molecular weight excluding hydrogens is 326 g/mol. The first-order valence-electron chi connectivity index (χ1n) is 8.70. The number of amides is 1. The zero-order chi connectivity index (χ0) is 18.6. The molecule has 0 aliphatic carbocycles. The molecule has 0 aliphatic heterocycles. The van der Waals surface area contributed by atoms with Gasteiger partial charge in [-0.05, 0) is 31.9 Å². The van der Waals surface area contributed by atoms with E-state index < -0.39 is 0 Å². The Morgan fingerprint density at radius 1 is 0.962 bits per heavy atom. The maximum atomic E-state index is 11.9. The predicted molar refractivity (Wildman–Crippen MR) is 101 cm³/mol. The van der Waals surface area contributed by atoms with Crippen LogP contribution in [0.3, 0.4) is 0 Å². The fourth-order valence-corrected chi connectivity index (χ4v) is 2.62. The zero-order valence-electron chi connectivity index (χ0n) is 15.3. The lowest BCUT2D eigenvalue weighted by molar-refractivity contribution is -0.122. The van der Waals surface area contributed by atoms with Crippen LogP contribution in [0, 0.1) is 0 Å². The third-order valence-corrected chi connectivity index (χ3v) is 3.80. The van der Waals surface area contributed by atoms with Gasteiger partial charge in [-0.25, -0.2) is 0 Å². The van der Waals surface area contributed by atoms with Crippen molar-refractivity contribution in [3.8, 4) is 22.5 Å². The summed E-state index contributed by atoms with van der Waals surface area (Å²) in [5, 5.41) is 6.94. The number of hydrogen-bond donors (Lipinski definition) is 1. The van der Waals surface area contributed by atoms with Gasteiger partial charge in [-0.2, -0.15) is 4.98 Å². The molecule has 0 saturated carbocycles. The minimum absolute atomic E-state index is 0.0236. The molecule has 5 nitrogen and oxygen atoms in total. The van der Waals surface area contributed by atoms with Crippen molar-refractivity contribution in [2.45, 2.75) is 39.2 Å². The Hall–Kier alpha value is -2.95. The van der Waals surface area contributed by atoms with E-state index in [4.69, 9.17) is 4.52 Å². The number of benzene rings is 2. The molecule has 0 spiro atoms. The predicted octanol–water partition coefficient (Wildman–Crippen LogP) is 4.25. The Morgan fingerprint density at radius 2 is 1.58 bits per heavy atom. The van der Waals surface area contributed by atoms with Crippen molar-refractivity contribution in [2.75, 3.05) is 0 Å². The van der Waals surface area contributed by atoms with Crippen molar-refractivity contribution < 1.29 is 9.32 Å². The molecule has 0 fully saturated rings. The number of nitrogens with one attached hydrogen (secondary N) is 1. The lowest BCUT2D eigenvalue weighted by Crippen LogP contribution is -2.40. The SMILES string of the molecule is CC(C)(C)NC(=O)CCc1nc(-c2ccc(-c3ccccc3)cc2)no1. The molecule has 0 bridgehead atoms. The molecule has 1 aromatic heterocycles. The lowest BCUT2D eigenvalue weighted by Gasteiger charge is -2.20. The van der Waals surface area contributed by atoms with E-state index in [1.807, 2.05) is 63.2 Å². The monoisotopic (exact) mass is 349 g/mol. The molecule has 134 valence electrons. The molecule has 3 aromatic rings. The first-order valence-corrected chi connectivity index (χ1v) is 8.70. The van der Waals surface area contributed by atoms with E-state index in [0.717, 1.165) is 16.7 Å². The minimum atomic E-state index is -0.239. The second-order valence-corrected chi connectivity index (χ2v) is 7.25. The second kappa shape index (κ2) is 7.52. The van der Waals surface area contributed by atoms with E-state index in [1.54, 1.807) is 0 Å². The highest BCUT2D eigenvalue weighted by molar-refractivity contribution is 5.76. The van der Waals surface area contributed by atoms with Gasteiger partial charge in [-0.3, -0.25) is 4.79 Å². The van der Waals surface area contributed by atoms with Crippen LogP contribution in [0.2, 0.25) is 0 Å². The first-order chi connectivity index (χ1) is 12.4. The maximum absolute atomic E-state index is 11.9. The molecule has 3 rings (SSSR count). The van der Waals surface area contributed by atoms with Crippen LogP contribution < -0.4 is 5.32 Å². The molecular formula is C21H23N3O2. The normalized spacial score (nSPS) is 11.3. The van der Waals surface area contributed by atoms with Crippen LogP contribution in [0.1, 0.15) is 33.1 Å². The standard InChI is InChI=1S/C21H23N3O2/c1-21(2,3)23-18(25)13-14-19-22-20(24-26-19)17-11-9-16(10-12-17)15-7-5-4-6-8-15/h4-12H,13-14H2,1-3H3,(H,23,25). The van der Waals surface area contributed by atoms with Crippen LogP contribution in [0.15, 0.2) is 59.1 Å². The number of aromatic nitrogens is 2. The van der Waals surface area contributed by atoms with Crippen molar-refractivity contribution in [3.63, 3.8) is 0 Å². The van der Waals surface area contributed by atoms with E-state index >= 15 is 0 Å². The molecule has 26 heavy (non-hydrogen) atoms. The molecule has 1 N–H and O–H groups in total. The number of rotatable bonds is 5. The van der Waals surface area contributed by atoms with Crippen molar-refractivity contribution >= 4 is 5.91 Å². The summed E-state index contributed by atoms with van der Waals surface area (Å²) in [5.74, 6) is 0.983. The van der Waals surface area contributed by atoms with E-state index in [1.165, 1.54) is 0 Å². The zero-order valence-corrected chi connectivity index (χ0v) is 15.3. The average Bonchev–Trinajstić information content (AvgIpc) is 3.08. The Balaban J connectivity index is 1.63. The number of carbonyl (C=O) groups excluding carboxylic acids is 1. The Morgan fingerprint density at radius 3 is 2.23 bits per heavy atom. The van der Waals surface area contributed by atoms with Gasteiger partial charge in [0.05, 0.1) is 0 Å². The summed E-state index contributed by atoms with van der Waals surface area (Å²) in [5.41, 5.74) is 2.95. The third kappa shape index (κ3) is 4.79. The topological polar surface area (TPSA) is 68.0 Å². The Labute approximate surface area is 153 Å². The number of carbonyl (C=O) groups is 1. The fraction of sp³-hybridized carbons (Fsp3) is 0.286. The second-order valence-electron chi connectivity index (χ2n) is 7.25. The van der Waals surface area contributed by atoms with E-state index in [9.17, 15) is 4.79 Å². The van der Waals surface area contributed by atoms with Gasteiger partial charge in [0.15, 0.2) is 0 Å². The van der Waals surface area contributed by atoms with E-state index in [2.05, 4.69) is 27.6 Å². The molecule has 5 heteroatoms. The smallest absolute Gasteiger partial charge is 0.227 e. The first kappa shape index (κ1) is 17.9. The summed E-state index contributed by atoms with van der Waals surface area (Å²) in [4.78, 5) is 16.3.